The summed E-state index contributed by atoms with van der Waals surface area (Å²) in [5, 5.41) is 1.40. The van der Waals surface area contributed by atoms with Crippen molar-refractivity contribution in [3.05, 3.63) is 70.4 Å². The summed E-state index contributed by atoms with van der Waals surface area (Å²) >= 11 is 7.61. The van der Waals surface area contributed by atoms with Crippen molar-refractivity contribution in [3.63, 3.8) is 0 Å². The van der Waals surface area contributed by atoms with Gasteiger partial charge in [0.05, 0.1) is 7.11 Å². The molecular weight excluding hydrogens is 380 g/mol. The number of rotatable bonds is 7. The van der Waals surface area contributed by atoms with Crippen molar-refractivity contribution in [2.24, 2.45) is 0 Å². The molecule has 0 radical (unpaired) electrons. The van der Waals surface area contributed by atoms with Gasteiger partial charge in [0.1, 0.15) is 0 Å². The predicted molar refractivity (Wildman–Crippen MR) is 110 cm³/mol. The quantitative estimate of drug-likeness (QED) is 0.354. The maximum atomic E-state index is 6.06. The van der Waals surface area contributed by atoms with E-state index in [0.29, 0.717) is 22.5 Å². The van der Waals surface area contributed by atoms with Gasteiger partial charge in [-0.1, -0.05) is 48.5 Å². The normalized spacial score (nSPS) is 10.7. The highest BCUT2D eigenvalue weighted by atomic mass is 35.5. The van der Waals surface area contributed by atoms with Crippen molar-refractivity contribution in [3.8, 4) is 17.4 Å². The van der Waals surface area contributed by atoms with Crippen LogP contribution in [0.5, 0.6) is 17.4 Å². The summed E-state index contributed by atoms with van der Waals surface area (Å²) < 4.78 is 11.4. The van der Waals surface area contributed by atoms with Crippen molar-refractivity contribution < 1.29 is 9.47 Å². The van der Waals surface area contributed by atoms with Crippen LogP contribution in [-0.4, -0.2) is 17.1 Å². The molecule has 4 nitrogen and oxygen atoms in total. The maximum absolute atomic E-state index is 6.06. The highest BCUT2D eigenvalue weighted by molar-refractivity contribution is 7.98. The molecule has 0 aliphatic carbocycles. The van der Waals surface area contributed by atoms with Gasteiger partial charge in [0.25, 0.3) is 0 Å². The fraction of sp³-hybridized carbons (Fsp3) is 0.238. The van der Waals surface area contributed by atoms with Crippen LogP contribution in [0.15, 0.2) is 53.7 Å². The van der Waals surface area contributed by atoms with Crippen LogP contribution in [0.2, 0.25) is 5.02 Å². The number of aromatic nitrogens is 2. The van der Waals surface area contributed by atoms with Crippen LogP contribution in [0.1, 0.15) is 23.7 Å². The summed E-state index contributed by atoms with van der Waals surface area (Å²) in [7, 11) is 1.63. The first-order valence-electron chi connectivity index (χ1n) is 8.65. The molecule has 1 aromatic heterocycles. The van der Waals surface area contributed by atoms with E-state index < -0.39 is 0 Å². The highest BCUT2D eigenvalue weighted by Crippen LogP contribution is 2.32. The van der Waals surface area contributed by atoms with E-state index in [1.807, 2.05) is 55.5 Å². The third-order valence-corrected chi connectivity index (χ3v) is 5.04. The Labute approximate surface area is 168 Å². The summed E-state index contributed by atoms with van der Waals surface area (Å²) in [5.41, 5.74) is 3.16. The molecule has 27 heavy (non-hydrogen) atoms. The summed E-state index contributed by atoms with van der Waals surface area (Å²) in [6.07, 6.45) is 0.800. The molecule has 0 aliphatic rings. The van der Waals surface area contributed by atoms with Crippen molar-refractivity contribution >= 4 is 23.4 Å². The van der Waals surface area contributed by atoms with Crippen molar-refractivity contribution in [1.82, 2.24) is 9.97 Å². The molecule has 0 amide bonds. The van der Waals surface area contributed by atoms with Gasteiger partial charge in [-0.3, -0.25) is 0 Å². The number of halogens is 1. The summed E-state index contributed by atoms with van der Waals surface area (Å²) in [6.45, 7) is 4.07. The van der Waals surface area contributed by atoms with Crippen LogP contribution in [-0.2, 0) is 12.2 Å². The molecule has 0 saturated carbocycles. The lowest BCUT2D eigenvalue weighted by Crippen LogP contribution is -1.98. The first kappa shape index (κ1) is 19.5. The number of aryl methyl sites for hydroxylation is 2. The third kappa shape index (κ3) is 5.37. The Kier molecular flexibility index (Phi) is 6.58. The van der Waals surface area contributed by atoms with Crippen LogP contribution in [0.4, 0.5) is 0 Å². The van der Waals surface area contributed by atoms with Gasteiger partial charge in [-0.15, -0.1) is 0 Å². The van der Waals surface area contributed by atoms with E-state index in [0.717, 1.165) is 34.0 Å². The smallest absolute Gasteiger partial charge is 0.223 e. The molecule has 3 rings (SSSR count). The monoisotopic (exact) mass is 400 g/mol. The maximum Gasteiger partial charge on any atom is 0.223 e. The Morgan fingerprint density at radius 3 is 2.63 bits per heavy atom. The van der Waals surface area contributed by atoms with E-state index in [4.69, 9.17) is 21.1 Å². The first-order chi connectivity index (χ1) is 13.1. The van der Waals surface area contributed by atoms with Crippen LogP contribution in [0, 0.1) is 6.92 Å². The number of benzene rings is 2. The standard InChI is InChI=1S/C21H21ClN2O2S/c1-4-17-12-20(26-18-9-8-14(2)10-19(18)25-3)24-21(23-17)27-13-15-6-5-7-16(22)11-15/h5-12H,4,13H2,1-3H3. The molecule has 0 aliphatic heterocycles. The van der Waals surface area contributed by atoms with Crippen LogP contribution in [0.25, 0.3) is 0 Å². The molecule has 1 heterocycles. The van der Waals surface area contributed by atoms with E-state index in [1.54, 1.807) is 18.9 Å². The van der Waals surface area contributed by atoms with Crippen molar-refractivity contribution in [2.75, 3.05) is 7.11 Å². The Morgan fingerprint density at radius 2 is 1.89 bits per heavy atom. The molecule has 0 bridgehead atoms. The molecule has 0 saturated heterocycles. The van der Waals surface area contributed by atoms with Gasteiger partial charge in [-0.05, 0) is 48.7 Å². The molecule has 0 atom stereocenters. The fourth-order valence-electron chi connectivity index (χ4n) is 2.49. The zero-order valence-electron chi connectivity index (χ0n) is 15.5. The average molecular weight is 401 g/mol. The van der Waals surface area contributed by atoms with Gasteiger partial charge in [0.15, 0.2) is 16.7 Å². The molecule has 0 N–H and O–H groups in total. The van der Waals surface area contributed by atoms with Gasteiger partial charge in [0, 0.05) is 22.5 Å². The van der Waals surface area contributed by atoms with Crippen LogP contribution < -0.4 is 9.47 Å². The second-order valence-electron chi connectivity index (χ2n) is 6.01. The largest absolute Gasteiger partial charge is 0.493 e. The molecule has 0 spiro atoms. The lowest BCUT2D eigenvalue weighted by Gasteiger charge is -2.12. The van der Waals surface area contributed by atoms with E-state index in [2.05, 4.69) is 16.9 Å². The Bertz CT molecular complexity index is 934. The van der Waals surface area contributed by atoms with Gasteiger partial charge < -0.3 is 9.47 Å². The molecule has 3 aromatic rings. The lowest BCUT2D eigenvalue weighted by molar-refractivity contribution is 0.372. The van der Waals surface area contributed by atoms with Crippen molar-refractivity contribution in [1.29, 1.82) is 0 Å². The summed E-state index contributed by atoms with van der Waals surface area (Å²) in [4.78, 5) is 9.15. The van der Waals surface area contributed by atoms with E-state index in [1.165, 1.54) is 0 Å². The second kappa shape index (κ2) is 9.11. The number of hydrogen-bond acceptors (Lipinski definition) is 5. The van der Waals surface area contributed by atoms with E-state index >= 15 is 0 Å². The Hall–Kier alpha value is -2.24. The van der Waals surface area contributed by atoms with Crippen molar-refractivity contribution in [2.45, 2.75) is 31.2 Å². The molecule has 6 heteroatoms. The lowest BCUT2D eigenvalue weighted by atomic mass is 10.2. The Balaban J connectivity index is 1.81. The Morgan fingerprint density at radius 1 is 1.04 bits per heavy atom. The van der Waals surface area contributed by atoms with E-state index in [9.17, 15) is 0 Å². The van der Waals surface area contributed by atoms with Gasteiger partial charge in [-0.25, -0.2) is 4.98 Å². The number of ether oxygens (including phenoxy) is 2. The minimum Gasteiger partial charge on any atom is -0.493 e. The summed E-state index contributed by atoms with van der Waals surface area (Å²) in [6, 6.07) is 15.5. The van der Waals surface area contributed by atoms with Crippen LogP contribution >= 0.6 is 23.4 Å². The molecule has 2 aromatic carbocycles. The highest BCUT2D eigenvalue weighted by Gasteiger charge is 2.10. The second-order valence-corrected chi connectivity index (χ2v) is 7.39. The minimum atomic E-state index is 0.512. The van der Waals surface area contributed by atoms with Gasteiger partial charge in [0.2, 0.25) is 5.88 Å². The van der Waals surface area contributed by atoms with Gasteiger partial charge in [-0.2, -0.15) is 4.98 Å². The average Bonchev–Trinajstić information content (AvgIpc) is 2.67. The molecular formula is C21H21ClN2O2S. The molecule has 0 unspecified atom stereocenters. The minimum absolute atomic E-state index is 0.512. The van der Waals surface area contributed by atoms with Gasteiger partial charge >= 0.3 is 0 Å². The predicted octanol–water partition coefficient (Wildman–Crippen LogP) is 6.09. The number of thioether (sulfide) groups is 1. The SMILES string of the molecule is CCc1cc(Oc2ccc(C)cc2OC)nc(SCc2cccc(Cl)c2)n1. The third-order valence-electron chi connectivity index (χ3n) is 3.89. The van der Waals surface area contributed by atoms with Crippen LogP contribution in [0.3, 0.4) is 0 Å². The molecule has 140 valence electrons. The number of nitrogens with zero attached hydrogens (tertiary/aromatic N) is 2. The fourth-order valence-corrected chi connectivity index (χ4v) is 3.52. The zero-order valence-corrected chi connectivity index (χ0v) is 17.1. The van der Waals surface area contributed by atoms with E-state index in [-0.39, 0.29) is 0 Å². The molecule has 0 fully saturated rings. The number of methoxy groups -OCH3 is 1. The topological polar surface area (TPSA) is 44.2 Å². The first-order valence-corrected chi connectivity index (χ1v) is 10.0. The summed E-state index contributed by atoms with van der Waals surface area (Å²) in [5.74, 6) is 2.56. The number of hydrogen-bond donors (Lipinski definition) is 0. The zero-order chi connectivity index (χ0) is 19.2.